The van der Waals surface area contributed by atoms with Gasteiger partial charge in [-0.1, -0.05) is 18.2 Å². The second-order valence-electron chi connectivity index (χ2n) is 15.8. The number of anilines is 4. The van der Waals surface area contributed by atoms with Crippen LogP contribution in [0.1, 0.15) is 78.9 Å². The second kappa shape index (κ2) is 18.0. The Morgan fingerprint density at radius 3 is 2.39 bits per heavy atom. The number of pyridine rings is 1. The number of aromatic nitrogens is 3. The SMILES string of the molecule is [2H]C1([2H])N(CC2CCN(Cc3ccc(C(=O)Nc4ccc(C)c(Nc5nccc(-c6cccnc6)n5)c4)cc3)CC2)C([2H])([2H])C([2H])([2H])N(c2cc(F)c3c(c2F)C(=O)N(C2CCC(=O)NC2=O)C3=O)C1([2H])[2H]. The summed E-state index contributed by atoms with van der Waals surface area (Å²) in [7, 11) is 0. The molecule has 2 aromatic heterocycles. The smallest absolute Gasteiger partial charge is 0.265 e. The number of piperazine rings is 1. The molecule has 5 amide bonds. The molecule has 15 nitrogen and oxygen atoms in total. The fraction of sp³-hybridized carbons (Fsp3) is 0.319. The minimum Gasteiger partial charge on any atom is -0.366 e. The van der Waals surface area contributed by atoms with Crippen molar-refractivity contribution in [2.24, 2.45) is 5.92 Å². The summed E-state index contributed by atoms with van der Waals surface area (Å²) in [6.07, 6.45) is 5.13. The van der Waals surface area contributed by atoms with Gasteiger partial charge < -0.3 is 15.5 Å². The lowest BCUT2D eigenvalue weighted by atomic mass is 9.95. The third-order valence-electron chi connectivity index (χ3n) is 11.5. The van der Waals surface area contributed by atoms with Gasteiger partial charge in [-0.05, 0) is 98.8 Å². The van der Waals surface area contributed by atoms with Gasteiger partial charge in [-0.15, -0.1) is 0 Å². The molecular formula is C47H46F2N10O5. The van der Waals surface area contributed by atoms with Crippen LogP contribution in [0.25, 0.3) is 11.3 Å². The van der Waals surface area contributed by atoms with E-state index in [2.05, 4.69) is 30.5 Å². The van der Waals surface area contributed by atoms with Crippen LogP contribution < -0.4 is 20.9 Å². The standard InChI is InChI=1S/C47H46F2N10O5/c1-28-4-9-33(23-36(28)54-47-51-16-12-35(53-47)32-3-2-15-50-25-32)52-43(61)31-7-5-29(6-8-31)26-56-17-13-30(14-18-56)27-57-19-21-58(22-20-57)38-24-34(48)40-41(42(38)49)46(64)59(45(40)63)37-10-11-39(60)55-44(37)62/h2-9,12,15-16,23-25,30,37H,10-11,13-14,17-22,26-27H2,1H3,(H,52,61)(H,51,53,54)(H,55,60,62)/i19D2,20D2,21D2,22D2. The Morgan fingerprint density at radius 1 is 0.891 bits per heavy atom. The van der Waals surface area contributed by atoms with Gasteiger partial charge in [0.1, 0.15) is 11.9 Å². The van der Waals surface area contributed by atoms with Crippen LogP contribution in [-0.2, 0) is 16.1 Å². The first kappa shape index (κ1) is 33.6. The third-order valence-corrected chi connectivity index (χ3v) is 11.5. The van der Waals surface area contributed by atoms with Gasteiger partial charge in [0.2, 0.25) is 17.8 Å². The highest BCUT2D eigenvalue weighted by Crippen LogP contribution is 2.36. The lowest BCUT2D eigenvalue weighted by Crippen LogP contribution is -2.54. The molecule has 0 spiro atoms. The molecule has 6 heterocycles. The Hall–Kier alpha value is -6.98. The van der Waals surface area contributed by atoms with Gasteiger partial charge in [0.15, 0.2) is 5.82 Å². The van der Waals surface area contributed by atoms with Crippen LogP contribution in [0, 0.1) is 24.5 Å². The minimum absolute atomic E-state index is 0.199. The summed E-state index contributed by atoms with van der Waals surface area (Å²) in [5, 5.41) is 8.10. The Labute approximate surface area is 379 Å². The van der Waals surface area contributed by atoms with E-state index >= 15 is 8.78 Å². The van der Waals surface area contributed by atoms with Gasteiger partial charge in [-0.25, -0.2) is 18.7 Å². The van der Waals surface area contributed by atoms with Crippen LogP contribution >= 0.6 is 0 Å². The summed E-state index contributed by atoms with van der Waals surface area (Å²) >= 11 is 0. The number of amides is 5. The summed E-state index contributed by atoms with van der Waals surface area (Å²) in [6.45, 7) is -11.3. The third kappa shape index (κ3) is 8.81. The Kier molecular flexibility index (Phi) is 9.45. The number of rotatable bonds is 11. The van der Waals surface area contributed by atoms with E-state index in [0.29, 0.717) is 66.0 Å². The van der Waals surface area contributed by atoms with Crippen molar-refractivity contribution in [2.45, 2.75) is 45.2 Å². The number of hydrogen-bond donors (Lipinski definition) is 3. The first-order valence-corrected chi connectivity index (χ1v) is 20.6. The van der Waals surface area contributed by atoms with E-state index in [-0.39, 0.29) is 34.6 Å². The average molecular weight is 877 g/mol. The number of piperidine rings is 2. The highest BCUT2D eigenvalue weighted by molar-refractivity contribution is 6.24. The highest BCUT2D eigenvalue weighted by atomic mass is 19.1. The first-order chi connectivity index (χ1) is 34.0. The summed E-state index contributed by atoms with van der Waals surface area (Å²) in [4.78, 5) is 80.1. The Bertz CT molecular complexity index is 2990. The van der Waals surface area contributed by atoms with Crippen molar-refractivity contribution in [3.8, 4) is 11.3 Å². The molecule has 0 aliphatic carbocycles. The monoisotopic (exact) mass is 876 g/mol. The number of nitrogens with zero attached hydrogens (tertiary/aromatic N) is 7. The molecule has 1 atom stereocenters. The number of likely N-dealkylation sites (tertiary alicyclic amines) is 1. The van der Waals surface area contributed by atoms with Crippen LogP contribution in [0.4, 0.5) is 31.8 Å². The predicted molar refractivity (Wildman–Crippen MR) is 234 cm³/mol. The van der Waals surface area contributed by atoms with Gasteiger partial charge >= 0.3 is 0 Å². The molecular weight excluding hydrogens is 823 g/mol. The fourth-order valence-corrected chi connectivity index (χ4v) is 8.08. The maximum absolute atomic E-state index is 16.6. The van der Waals surface area contributed by atoms with Crippen molar-refractivity contribution >= 4 is 52.5 Å². The number of carbonyl (C=O) groups is 5. The van der Waals surface area contributed by atoms with Crippen LogP contribution in [0.2, 0.25) is 0 Å². The van der Waals surface area contributed by atoms with Gasteiger partial charge in [0.05, 0.1) is 28.0 Å². The van der Waals surface area contributed by atoms with Gasteiger partial charge in [0, 0.05) is 98.1 Å². The van der Waals surface area contributed by atoms with Crippen LogP contribution in [0.3, 0.4) is 0 Å². The van der Waals surface area contributed by atoms with Crippen molar-refractivity contribution in [2.75, 3.05) is 61.2 Å². The molecule has 9 rings (SSSR count). The van der Waals surface area contributed by atoms with Gasteiger partial charge in [-0.3, -0.25) is 49.0 Å². The zero-order valence-corrected chi connectivity index (χ0v) is 34.3. The highest BCUT2D eigenvalue weighted by Gasteiger charge is 2.48. The molecule has 3 N–H and O–H groups in total. The molecule has 328 valence electrons. The first-order valence-electron chi connectivity index (χ1n) is 24.6. The van der Waals surface area contributed by atoms with Crippen molar-refractivity contribution in [3.63, 3.8) is 0 Å². The number of hydrogen-bond acceptors (Lipinski definition) is 12. The van der Waals surface area contributed by atoms with Crippen molar-refractivity contribution in [3.05, 3.63) is 125 Å². The molecule has 0 saturated carbocycles. The minimum atomic E-state index is -3.65. The number of imide groups is 2. The summed E-state index contributed by atoms with van der Waals surface area (Å²) in [6, 6.07) is 16.5. The topological polar surface area (TPSA) is 173 Å². The number of benzene rings is 3. The summed E-state index contributed by atoms with van der Waals surface area (Å²) in [5.74, 6) is -8.63. The van der Waals surface area contributed by atoms with E-state index in [4.69, 9.17) is 11.0 Å². The average Bonchev–Trinajstić information content (AvgIpc) is 3.60. The summed E-state index contributed by atoms with van der Waals surface area (Å²) < 4.78 is 104. The van der Waals surface area contributed by atoms with Crippen LogP contribution in [0.15, 0.2) is 85.3 Å². The lowest BCUT2D eigenvalue weighted by molar-refractivity contribution is -0.136. The van der Waals surface area contributed by atoms with Gasteiger partial charge in [-0.2, -0.15) is 0 Å². The molecule has 64 heavy (non-hydrogen) atoms. The van der Waals surface area contributed by atoms with E-state index in [1.807, 2.05) is 42.6 Å². The van der Waals surface area contributed by atoms with Crippen molar-refractivity contribution in [1.82, 2.24) is 35.0 Å². The number of carbonyl (C=O) groups excluding carboxylic acids is 5. The zero-order chi connectivity index (χ0) is 51.7. The Balaban J connectivity index is 0.831. The van der Waals surface area contributed by atoms with Crippen molar-refractivity contribution < 1.29 is 43.7 Å². The van der Waals surface area contributed by atoms with Crippen molar-refractivity contribution in [1.29, 1.82) is 0 Å². The number of aryl methyl sites for hydroxylation is 1. The molecule has 3 aromatic carbocycles. The molecule has 0 radical (unpaired) electrons. The van der Waals surface area contributed by atoms with E-state index in [9.17, 15) is 24.0 Å². The lowest BCUT2D eigenvalue weighted by Gasteiger charge is -2.39. The molecule has 1 unspecified atom stereocenters. The van der Waals surface area contributed by atoms with Crippen LogP contribution in [-0.4, -0.2) is 111 Å². The zero-order valence-electron chi connectivity index (χ0n) is 42.3. The largest absolute Gasteiger partial charge is 0.366 e. The molecule has 17 heteroatoms. The predicted octanol–water partition coefficient (Wildman–Crippen LogP) is 5.56. The molecule has 3 fully saturated rings. The second-order valence-corrected chi connectivity index (χ2v) is 15.8. The van der Waals surface area contributed by atoms with E-state index in [1.54, 1.807) is 48.9 Å². The van der Waals surface area contributed by atoms with E-state index in [0.717, 1.165) is 16.7 Å². The van der Waals surface area contributed by atoms with Gasteiger partial charge in [0.25, 0.3) is 17.7 Å². The quantitative estimate of drug-likeness (QED) is 0.141. The number of nitrogens with one attached hydrogen (secondary N) is 3. The van der Waals surface area contributed by atoms with Crippen LogP contribution in [0.5, 0.6) is 0 Å². The maximum Gasteiger partial charge on any atom is 0.265 e. The molecule has 0 bridgehead atoms. The molecule has 4 aliphatic heterocycles. The fourth-order valence-electron chi connectivity index (χ4n) is 8.08. The number of halogens is 2. The Morgan fingerprint density at radius 2 is 1.66 bits per heavy atom. The summed E-state index contributed by atoms with van der Waals surface area (Å²) in [5.41, 5.74) is 1.17. The van der Waals surface area contributed by atoms with E-state index < -0.39 is 96.6 Å². The number of fused-ring (bicyclic) bond motifs is 1. The van der Waals surface area contributed by atoms with E-state index in [1.165, 1.54) is 0 Å². The molecule has 3 saturated heterocycles. The molecule has 4 aliphatic rings. The maximum atomic E-state index is 16.6. The normalized spacial score (nSPS) is 23.6. The molecule has 5 aromatic rings.